The fraction of sp³-hybridized carbons (Fsp3) is 0.600. The third kappa shape index (κ3) is 5.13. The molecule has 194 valence electrons. The molecule has 2 N–H and O–H groups in total. The number of hydrogen-bond donors (Lipinski definition) is 2. The fourth-order valence-electron chi connectivity index (χ4n) is 7.46. The second kappa shape index (κ2) is 10.5. The van der Waals surface area contributed by atoms with Crippen molar-refractivity contribution in [2.45, 2.75) is 88.0 Å². The van der Waals surface area contributed by atoms with Gasteiger partial charge >= 0.3 is 0 Å². The van der Waals surface area contributed by atoms with Gasteiger partial charge in [0.25, 0.3) is 0 Å². The summed E-state index contributed by atoms with van der Waals surface area (Å²) in [6, 6.07) is 19.9. The van der Waals surface area contributed by atoms with Gasteiger partial charge in [0.15, 0.2) is 6.29 Å². The van der Waals surface area contributed by atoms with E-state index in [1.54, 1.807) is 0 Å². The van der Waals surface area contributed by atoms with Crippen molar-refractivity contribution in [2.75, 3.05) is 6.61 Å². The summed E-state index contributed by atoms with van der Waals surface area (Å²) in [6.07, 6.45) is 3.29. The first-order valence-corrected chi connectivity index (χ1v) is 13.5. The van der Waals surface area contributed by atoms with Crippen LogP contribution < -0.4 is 0 Å². The molecule has 0 radical (unpaired) electrons. The van der Waals surface area contributed by atoms with E-state index in [0.717, 1.165) is 48.1 Å². The van der Waals surface area contributed by atoms with Crippen LogP contribution in [-0.4, -0.2) is 53.1 Å². The Balaban J connectivity index is 1.25. The fourth-order valence-corrected chi connectivity index (χ4v) is 7.46. The highest BCUT2D eigenvalue weighted by Crippen LogP contribution is 2.57. The molecule has 5 atom stereocenters. The maximum absolute atomic E-state index is 11.2. The monoisotopic (exact) mass is 494 g/mol. The SMILES string of the molecule is OCC1OC(OC23CC4CC(CC(C4)C2)C3)C(OCc2ccccc2)C(OCc2ccccc2)C1O. The van der Waals surface area contributed by atoms with Gasteiger partial charge < -0.3 is 29.2 Å². The predicted molar refractivity (Wildman–Crippen MR) is 134 cm³/mol. The van der Waals surface area contributed by atoms with E-state index < -0.39 is 30.7 Å². The van der Waals surface area contributed by atoms with Gasteiger partial charge in [-0.25, -0.2) is 0 Å². The van der Waals surface area contributed by atoms with Gasteiger partial charge in [0.05, 0.1) is 25.4 Å². The first-order valence-electron chi connectivity index (χ1n) is 13.5. The van der Waals surface area contributed by atoms with Crippen molar-refractivity contribution in [3.63, 3.8) is 0 Å². The van der Waals surface area contributed by atoms with Gasteiger partial charge in [-0.3, -0.25) is 0 Å². The summed E-state index contributed by atoms with van der Waals surface area (Å²) >= 11 is 0. The molecule has 2 aromatic carbocycles. The molecule has 1 saturated heterocycles. The Morgan fingerprint density at radius 2 is 1.25 bits per heavy atom. The van der Waals surface area contributed by atoms with Crippen molar-refractivity contribution >= 4 is 0 Å². The van der Waals surface area contributed by atoms with Crippen LogP contribution in [-0.2, 0) is 32.2 Å². The lowest BCUT2D eigenvalue weighted by Crippen LogP contribution is -2.63. The molecule has 4 aliphatic carbocycles. The number of aliphatic hydroxyl groups excluding tert-OH is 2. The molecule has 0 amide bonds. The summed E-state index contributed by atoms with van der Waals surface area (Å²) in [7, 11) is 0. The summed E-state index contributed by atoms with van der Waals surface area (Å²) in [5, 5.41) is 21.2. The van der Waals surface area contributed by atoms with E-state index in [-0.39, 0.29) is 12.2 Å². The molecule has 5 unspecified atom stereocenters. The molecule has 1 aliphatic heterocycles. The molecule has 4 saturated carbocycles. The Hall–Kier alpha value is -1.80. The van der Waals surface area contributed by atoms with Gasteiger partial charge in [-0.15, -0.1) is 0 Å². The Morgan fingerprint density at radius 3 is 1.75 bits per heavy atom. The topological polar surface area (TPSA) is 77.4 Å². The van der Waals surface area contributed by atoms with Crippen LogP contribution in [0, 0.1) is 17.8 Å². The second-order valence-electron chi connectivity index (χ2n) is 11.5. The van der Waals surface area contributed by atoms with Gasteiger partial charge in [-0.2, -0.15) is 0 Å². The Bertz CT molecular complexity index is 946. The van der Waals surface area contributed by atoms with Gasteiger partial charge in [-0.1, -0.05) is 60.7 Å². The average Bonchev–Trinajstić information content (AvgIpc) is 2.88. The minimum atomic E-state index is -1.03. The maximum atomic E-state index is 11.2. The van der Waals surface area contributed by atoms with E-state index in [2.05, 4.69) is 0 Å². The zero-order valence-electron chi connectivity index (χ0n) is 20.8. The van der Waals surface area contributed by atoms with Gasteiger partial charge in [0.1, 0.15) is 24.4 Å². The Kier molecular flexibility index (Phi) is 7.17. The molecule has 6 nitrogen and oxygen atoms in total. The standard InChI is InChI=1S/C30H38O6/c31-17-25-26(32)27(33-18-20-7-3-1-4-8-20)28(34-19-21-9-5-2-6-10-21)29(35-25)36-30-14-22-11-23(15-30)13-24(12-22)16-30/h1-10,22-29,31-32H,11-19H2. The van der Waals surface area contributed by atoms with E-state index in [1.807, 2.05) is 60.7 Å². The van der Waals surface area contributed by atoms with Crippen LogP contribution in [0.2, 0.25) is 0 Å². The lowest BCUT2D eigenvalue weighted by Gasteiger charge is -2.58. The van der Waals surface area contributed by atoms with Gasteiger partial charge in [0, 0.05) is 0 Å². The molecule has 5 fully saturated rings. The molecule has 0 spiro atoms. The normalized spacial score (nSPS) is 39.4. The van der Waals surface area contributed by atoms with Crippen molar-refractivity contribution in [2.24, 2.45) is 17.8 Å². The first kappa shape index (κ1) is 24.5. The smallest absolute Gasteiger partial charge is 0.187 e. The minimum Gasteiger partial charge on any atom is -0.394 e. The van der Waals surface area contributed by atoms with Crippen LogP contribution in [0.1, 0.15) is 49.7 Å². The minimum absolute atomic E-state index is 0.208. The highest BCUT2D eigenvalue weighted by atomic mass is 16.7. The van der Waals surface area contributed by atoms with E-state index in [1.165, 1.54) is 19.3 Å². The van der Waals surface area contributed by atoms with E-state index in [9.17, 15) is 10.2 Å². The quantitative estimate of drug-likeness (QED) is 0.544. The molecule has 0 aromatic heterocycles. The van der Waals surface area contributed by atoms with E-state index in [0.29, 0.717) is 13.2 Å². The summed E-state index contributed by atoms with van der Waals surface area (Å²) in [6.45, 7) is 0.381. The highest BCUT2D eigenvalue weighted by molar-refractivity contribution is 5.15. The summed E-state index contributed by atoms with van der Waals surface area (Å²) in [5.41, 5.74) is 1.84. The zero-order chi connectivity index (χ0) is 24.5. The van der Waals surface area contributed by atoms with Crippen molar-refractivity contribution < 1.29 is 29.2 Å². The lowest BCUT2D eigenvalue weighted by atomic mass is 9.54. The Morgan fingerprint density at radius 1 is 0.750 bits per heavy atom. The molecule has 5 aliphatic rings. The predicted octanol–water partition coefficient (Wildman–Crippen LogP) is 4.22. The van der Waals surface area contributed by atoms with Crippen molar-refractivity contribution in [3.8, 4) is 0 Å². The van der Waals surface area contributed by atoms with Crippen LogP contribution in [0.15, 0.2) is 60.7 Å². The highest BCUT2D eigenvalue weighted by Gasteiger charge is 2.56. The molecule has 1 heterocycles. The molecule has 36 heavy (non-hydrogen) atoms. The number of rotatable bonds is 9. The molecule has 7 rings (SSSR count). The molecule has 4 bridgehead atoms. The number of benzene rings is 2. The zero-order valence-corrected chi connectivity index (χ0v) is 20.8. The van der Waals surface area contributed by atoms with Crippen LogP contribution >= 0.6 is 0 Å². The summed E-state index contributed by atoms with van der Waals surface area (Å²) < 4.78 is 25.9. The summed E-state index contributed by atoms with van der Waals surface area (Å²) in [5.74, 6) is 2.19. The average molecular weight is 495 g/mol. The molecular formula is C30H38O6. The third-order valence-corrected chi connectivity index (χ3v) is 8.72. The van der Waals surface area contributed by atoms with E-state index >= 15 is 0 Å². The van der Waals surface area contributed by atoms with Crippen LogP contribution in [0.3, 0.4) is 0 Å². The largest absolute Gasteiger partial charge is 0.394 e. The van der Waals surface area contributed by atoms with Crippen molar-refractivity contribution in [1.82, 2.24) is 0 Å². The van der Waals surface area contributed by atoms with Crippen molar-refractivity contribution in [1.29, 1.82) is 0 Å². The van der Waals surface area contributed by atoms with Gasteiger partial charge in [0.2, 0.25) is 0 Å². The van der Waals surface area contributed by atoms with Crippen LogP contribution in [0.5, 0.6) is 0 Å². The number of hydrogen-bond acceptors (Lipinski definition) is 6. The van der Waals surface area contributed by atoms with Crippen LogP contribution in [0.25, 0.3) is 0 Å². The van der Waals surface area contributed by atoms with Crippen molar-refractivity contribution in [3.05, 3.63) is 71.8 Å². The second-order valence-corrected chi connectivity index (χ2v) is 11.5. The Labute approximate surface area is 213 Å². The molecule has 6 heteroatoms. The van der Waals surface area contributed by atoms with E-state index in [4.69, 9.17) is 18.9 Å². The number of ether oxygens (including phenoxy) is 4. The maximum Gasteiger partial charge on any atom is 0.187 e. The lowest BCUT2D eigenvalue weighted by molar-refractivity contribution is -0.354. The third-order valence-electron chi connectivity index (χ3n) is 8.72. The molecular weight excluding hydrogens is 456 g/mol. The first-order chi connectivity index (χ1) is 17.6. The van der Waals surface area contributed by atoms with Crippen LogP contribution in [0.4, 0.5) is 0 Å². The molecule has 2 aromatic rings. The number of aliphatic hydroxyl groups is 2. The summed E-state index contributed by atoms with van der Waals surface area (Å²) in [4.78, 5) is 0. The van der Waals surface area contributed by atoms with Gasteiger partial charge in [-0.05, 0) is 67.4 Å².